The predicted molar refractivity (Wildman–Crippen MR) is 96.4 cm³/mol. The zero-order valence-corrected chi connectivity index (χ0v) is 14.6. The number of hydrogen-bond donors (Lipinski definition) is 1. The number of thiophene rings is 1. The second kappa shape index (κ2) is 6.03. The van der Waals surface area contributed by atoms with Gasteiger partial charge in [0.25, 0.3) is 5.91 Å². The Kier molecular flexibility index (Phi) is 3.86. The molecule has 0 aliphatic carbocycles. The van der Waals surface area contributed by atoms with Crippen molar-refractivity contribution < 1.29 is 4.79 Å². The molecule has 0 radical (unpaired) electrons. The summed E-state index contributed by atoms with van der Waals surface area (Å²) >= 11 is 1.60. The number of carbonyl (C=O) groups is 1. The lowest BCUT2D eigenvalue weighted by atomic mass is 10.1. The molecule has 24 heavy (non-hydrogen) atoms. The predicted octanol–water partition coefficient (Wildman–Crippen LogP) is 2.73. The van der Waals surface area contributed by atoms with E-state index in [2.05, 4.69) is 29.5 Å². The number of aryl methyl sites for hydroxylation is 2. The summed E-state index contributed by atoms with van der Waals surface area (Å²) in [4.78, 5) is 15.7. The molecular formula is C18H20N4OS. The van der Waals surface area contributed by atoms with Gasteiger partial charge >= 0.3 is 0 Å². The fraction of sp³-hybridized carbons (Fsp3) is 0.333. The highest BCUT2D eigenvalue weighted by atomic mass is 32.1. The van der Waals surface area contributed by atoms with Crippen LogP contribution in [0, 0.1) is 6.92 Å². The van der Waals surface area contributed by atoms with Crippen molar-refractivity contribution >= 4 is 27.3 Å². The Morgan fingerprint density at radius 3 is 3.04 bits per heavy atom. The minimum Gasteiger partial charge on any atom is -0.335 e. The van der Waals surface area contributed by atoms with Gasteiger partial charge < -0.3 is 10.2 Å². The molecule has 4 rings (SSSR count). The standard InChI is InChI=1S/C18H20N4OS/c1-12-4-3-5-13-8-16(24-17(12)13)18(23)22-7-6-19-15(11-22)14-9-20-21(2)10-14/h3-5,8-10,15,19H,6-7,11H2,1-2H3. The topological polar surface area (TPSA) is 50.2 Å². The van der Waals surface area contributed by atoms with Gasteiger partial charge in [0.2, 0.25) is 0 Å². The van der Waals surface area contributed by atoms with Gasteiger partial charge in [0.05, 0.1) is 17.1 Å². The Morgan fingerprint density at radius 2 is 2.29 bits per heavy atom. The normalized spacial score (nSPS) is 18.2. The molecule has 1 unspecified atom stereocenters. The number of rotatable bonds is 2. The minimum atomic E-state index is 0.131. The first kappa shape index (κ1) is 15.4. The maximum absolute atomic E-state index is 13.0. The van der Waals surface area contributed by atoms with E-state index in [0.29, 0.717) is 6.54 Å². The average molecular weight is 340 g/mol. The lowest BCUT2D eigenvalue weighted by Crippen LogP contribution is -2.48. The number of benzene rings is 1. The number of nitrogens with one attached hydrogen (secondary N) is 1. The van der Waals surface area contributed by atoms with Gasteiger partial charge in [-0.15, -0.1) is 11.3 Å². The summed E-state index contributed by atoms with van der Waals surface area (Å²) in [6, 6.07) is 8.38. The van der Waals surface area contributed by atoms with E-state index in [0.717, 1.165) is 28.9 Å². The van der Waals surface area contributed by atoms with Crippen LogP contribution >= 0.6 is 11.3 Å². The molecule has 1 saturated heterocycles. The molecule has 1 fully saturated rings. The SMILES string of the molecule is Cc1cccc2cc(C(=O)N3CCNC(c4cnn(C)c4)C3)sc12. The second-order valence-electron chi connectivity index (χ2n) is 6.31. The Bertz CT molecular complexity index is 897. The average Bonchev–Trinajstić information content (AvgIpc) is 3.21. The van der Waals surface area contributed by atoms with Gasteiger partial charge in [-0.3, -0.25) is 9.48 Å². The molecule has 1 atom stereocenters. The van der Waals surface area contributed by atoms with Crippen LogP contribution in [0.15, 0.2) is 36.7 Å². The molecule has 5 nitrogen and oxygen atoms in total. The molecule has 0 saturated carbocycles. The molecule has 1 N–H and O–H groups in total. The van der Waals surface area contributed by atoms with Gasteiger partial charge in [-0.05, 0) is 23.9 Å². The van der Waals surface area contributed by atoms with Crippen LogP contribution in [-0.4, -0.2) is 40.2 Å². The summed E-state index contributed by atoms with van der Waals surface area (Å²) in [7, 11) is 1.91. The van der Waals surface area contributed by atoms with Crippen molar-refractivity contribution in [3.05, 3.63) is 52.7 Å². The molecule has 124 valence electrons. The van der Waals surface area contributed by atoms with Crippen molar-refractivity contribution in [3.63, 3.8) is 0 Å². The number of nitrogens with zero attached hydrogens (tertiary/aromatic N) is 3. The van der Waals surface area contributed by atoms with E-state index in [1.165, 1.54) is 10.3 Å². The Hall–Kier alpha value is -2.18. The van der Waals surface area contributed by atoms with Crippen LogP contribution in [0.2, 0.25) is 0 Å². The van der Waals surface area contributed by atoms with Crippen LogP contribution in [-0.2, 0) is 7.05 Å². The summed E-state index contributed by atoms with van der Waals surface area (Å²) in [5.74, 6) is 0.131. The summed E-state index contributed by atoms with van der Waals surface area (Å²) in [5, 5.41) is 8.87. The number of amides is 1. The molecule has 0 bridgehead atoms. The molecule has 1 aliphatic heterocycles. The third-order valence-electron chi connectivity index (χ3n) is 4.54. The molecular weight excluding hydrogens is 320 g/mol. The van der Waals surface area contributed by atoms with Crippen molar-refractivity contribution in [2.75, 3.05) is 19.6 Å². The second-order valence-corrected chi connectivity index (χ2v) is 7.36. The fourth-order valence-electron chi connectivity index (χ4n) is 3.25. The lowest BCUT2D eigenvalue weighted by Gasteiger charge is -2.33. The number of piperazine rings is 1. The van der Waals surface area contributed by atoms with Crippen LogP contribution in [0.3, 0.4) is 0 Å². The van der Waals surface area contributed by atoms with Crippen molar-refractivity contribution in [1.82, 2.24) is 20.0 Å². The van der Waals surface area contributed by atoms with E-state index in [9.17, 15) is 4.79 Å². The van der Waals surface area contributed by atoms with Crippen LogP contribution in [0.25, 0.3) is 10.1 Å². The first-order valence-corrected chi connectivity index (χ1v) is 8.94. The van der Waals surface area contributed by atoms with E-state index < -0.39 is 0 Å². The number of carbonyl (C=O) groups excluding carboxylic acids is 1. The highest BCUT2D eigenvalue weighted by Gasteiger charge is 2.26. The zero-order chi connectivity index (χ0) is 16.7. The third kappa shape index (κ3) is 2.72. The molecule has 1 aromatic carbocycles. The van der Waals surface area contributed by atoms with Crippen LogP contribution in [0.5, 0.6) is 0 Å². The minimum absolute atomic E-state index is 0.131. The van der Waals surface area contributed by atoms with Gasteiger partial charge in [-0.2, -0.15) is 5.10 Å². The quantitative estimate of drug-likeness (QED) is 0.780. The van der Waals surface area contributed by atoms with E-state index in [1.54, 1.807) is 16.0 Å². The summed E-state index contributed by atoms with van der Waals surface area (Å²) in [6.07, 6.45) is 3.88. The van der Waals surface area contributed by atoms with Gasteiger partial charge in [0.15, 0.2) is 0 Å². The summed E-state index contributed by atoms with van der Waals surface area (Å²) in [6.45, 7) is 4.31. The maximum atomic E-state index is 13.0. The summed E-state index contributed by atoms with van der Waals surface area (Å²) < 4.78 is 3.01. The lowest BCUT2D eigenvalue weighted by molar-refractivity contribution is 0.0708. The van der Waals surface area contributed by atoms with Gasteiger partial charge in [0, 0.05) is 43.1 Å². The van der Waals surface area contributed by atoms with Crippen molar-refractivity contribution in [2.45, 2.75) is 13.0 Å². The fourth-order valence-corrected chi connectivity index (χ4v) is 4.34. The third-order valence-corrected chi connectivity index (χ3v) is 5.82. The van der Waals surface area contributed by atoms with Crippen LogP contribution < -0.4 is 5.32 Å². The van der Waals surface area contributed by atoms with Gasteiger partial charge in [0.1, 0.15) is 0 Å². The number of aromatic nitrogens is 2. The Balaban J connectivity index is 1.57. The van der Waals surface area contributed by atoms with Crippen molar-refractivity contribution in [1.29, 1.82) is 0 Å². The molecule has 3 aromatic rings. The van der Waals surface area contributed by atoms with Crippen LogP contribution in [0.4, 0.5) is 0 Å². The molecule has 1 aliphatic rings. The molecule has 3 heterocycles. The summed E-state index contributed by atoms with van der Waals surface area (Å²) in [5.41, 5.74) is 2.35. The smallest absolute Gasteiger partial charge is 0.264 e. The van der Waals surface area contributed by atoms with E-state index in [4.69, 9.17) is 0 Å². The van der Waals surface area contributed by atoms with E-state index in [-0.39, 0.29) is 11.9 Å². The Labute approximate surface area is 144 Å². The highest BCUT2D eigenvalue weighted by molar-refractivity contribution is 7.21. The van der Waals surface area contributed by atoms with Crippen molar-refractivity contribution in [2.24, 2.45) is 7.05 Å². The molecule has 0 spiro atoms. The van der Waals surface area contributed by atoms with Crippen molar-refractivity contribution in [3.8, 4) is 0 Å². The van der Waals surface area contributed by atoms with Crippen LogP contribution in [0.1, 0.15) is 26.8 Å². The number of fused-ring (bicyclic) bond motifs is 1. The number of hydrogen-bond acceptors (Lipinski definition) is 4. The van der Waals surface area contributed by atoms with E-state index in [1.807, 2.05) is 36.5 Å². The maximum Gasteiger partial charge on any atom is 0.264 e. The largest absolute Gasteiger partial charge is 0.335 e. The molecule has 6 heteroatoms. The van der Waals surface area contributed by atoms with Gasteiger partial charge in [-0.25, -0.2) is 0 Å². The highest BCUT2D eigenvalue weighted by Crippen LogP contribution is 2.30. The Morgan fingerprint density at radius 1 is 1.42 bits per heavy atom. The first-order valence-electron chi connectivity index (χ1n) is 8.12. The first-order chi connectivity index (χ1) is 11.6. The zero-order valence-electron chi connectivity index (χ0n) is 13.8. The van der Waals surface area contributed by atoms with E-state index >= 15 is 0 Å². The van der Waals surface area contributed by atoms with Gasteiger partial charge in [-0.1, -0.05) is 18.2 Å². The monoisotopic (exact) mass is 340 g/mol. The molecule has 1 amide bonds. The molecule has 2 aromatic heterocycles.